The summed E-state index contributed by atoms with van der Waals surface area (Å²) in [5.74, 6) is -1.59. The van der Waals surface area contributed by atoms with Crippen LogP contribution in [0.2, 0.25) is 0 Å². The lowest BCUT2D eigenvalue weighted by Gasteiger charge is -2.31. The highest BCUT2D eigenvalue weighted by atomic mass is 35.5. The van der Waals surface area contributed by atoms with Crippen LogP contribution in [0.5, 0.6) is 0 Å². The van der Waals surface area contributed by atoms with Gasteiger partial charge in [0.05, 0.1) is 5.92 Å². The molecule has 1 amide bonds. The van der Waals surface area contributed by atoms with Gasteiger partial charge in [0.25, 0.3) is 0 Å². The Balaban J connectivity index is 2.47. The maximum Gasteiger partial charge on any atom is 0.391 e. The second-order valence-corrected chi connectivity index (χ2v) is 6.80. The van der Waals surface area contributed by atoms with Crippen molar-refractivity contribution in [2.75, 3.05) is 12.4 Å². The maximum atomic E-state index is 12.7. The van der Waals surface area contributed by atoms with E-state index in [2.05, 4.69) is 5.32 Å². The highest BCUT2D eigenvalue weighted by Gasteiger charge is 2.43. The van der Waals surface area contributed by atoms with Crippen LogP contribution in [-0.2, 0) is 4.79 Å². The third-order valence-electron chi connectivity index (χ3n) is 4.02. The van der Waals surface area contributed by atoms with Crippen LogP contribution in [0.4, 0.5) is 13.2 Å². The van der Waals surface area contributed by atoms with Crippen molar-refractivity contribution in [3.05, 3.63) is 0 Å². The summed E-state index contributed by atoms with van der Waals surface area (Å²) in [6.07, 6.45) is -2.35. The lowest BCUT2D eigenvalue weighted by molar-refractivity contribution is -0.186. The lowest BCUT2D eigenvalue weighted by Crippen LogP contribution is -2.41. The van der Waals surface area contributed by atoms with Crippen molar-refractivity contribution in [3.63, 3.8) is 0 Å². The van der Waals surface area contributed by atoms with Gasteiger partial charge in [-0.1, -0.05) is 20.3 Å². The van der Waals surface area contributed by atoms with E-state index in [1.54, 1.807) is 0 Å². The van der Waals surface area contributed by atoms with Crippen molar-refractivity contribution in [2.24, 2.45) is 17.3 Å². The van der Waals surface area contributed by atoms with Gasteiger partial charge in [0.1, 0.15) is 0 Å². The van der Waals surface area contributed by atoms with Crippen LogP contribution in [0.1, 0.15) is 46.0 Å². The van der Waals surface area contributed by atoms with Crippen molar-refractivity contribution in [3.8, 4) is 0 Å². The zero-order valence-electron chi connectivity index (χ0n) is 12.0. The van der Waals surface area contributed by atoms with E-state index >= 15 is 0 Å². The molecule has 0 aromatic heterocycles. The first-order valence-electron chi connectivity index (χ1n) is 7.06. The van der Waals surface area contributed by atoms with Crippen molar-refractivity contribution in [1.82, 2.24) is 5.32 Å². The van der Waals surface area contributed by atoms with Gasteiger partial charge in [0.2, 0.25) is 5.91 Å². The average Bonchev–Trinajstić information content (AvgIpc) is 2.35. The van der Waals surface area contributed by atoms with Crippen molar-refractivity contribution in [1.29, 1.82) is 0 Å². The summed E-state index contributed by atoms with van der Waals surface area (Å²) in [5, 5.41) is 2.78. The number of alkyl halides is 4. The van der Waals surface area contributed by atoms with E-state index in [1.165, 1.54) is 0 Å². The molecule has 0 aromatic carbocycles. The molecule has 1 aliphatic carbocycles. The van der Waals surface area contributed by atoms with Gasteiger partial charge in [-0.3, -0.25) is 4.79 Å². The summed E-state index contributed by atoms with van der Waals surface area (Å²) < 4.78 is 38.1. The molecule has 0 heterocycles. The van der Waals surface area contributed by atoms with Crippen molar-refractivity contribution in [2.45, 2.75) is 52.1 Å². The summed E-state index contributed by atoms with van der Waals surface area (Å²) in [7, 11) is 0. The molecular weight excluding hydrogens is 291 g/mol. The first-order valence-corrected chi connectivity index (χ1v) is 7.59. The quantitative estimate of drug-likeness (QED) is 0.760. The van der Waals surface area contributed by atoms with Crippen LogP contribution >= 0.6 is 11.6 Å². The second-order valence-electron chi connectivity index (χ2n) is 6.42. The molecule has 1 saturated carbocycles. The number of nitrogens with one attached hydrogen (secondary N) is 1. The van der Waals surface area contributed by atoms with E-state index in [1.807, 2.05) is 13.8 Å². The topological polar surface area (TPSA) is 29.1 Å². The third kappa shape index (κ3) is 5.51. The van der Waals surface area contributed by atoms with Crippen molar-refractivity contribution < 1.29 is 18.0 Å². The predicted molar refractivity (Wildman–Crippen MR) is 73.6 cm³/mol. The predicted octanol–water partition coefficient (Wildman–Crippen LogP) is 4.13. The van der Waals surface area contributed by atoms with Crippen LogP contribution in [0.15, 0.2) is 0 Å². The molecule has 1 aliphatic rings. The van der Waals surface area contributed by atoms with Gasteiger partial charge in [0.15, 0.2) is 0 Å². The van der Waals surface area contributed by atoms with Crippen LogP contribution in [-0.4, -0.2) is 24.5 Å². The molecule has 2 unspecified atom stereocenters. The molecule has 20 heavy (non-hydrogen) atoms. The van der Waals surface area contributed by atoms with Crippen LogP contribution in [0, 0.1) is 17.3 Å². The molecule has 0 bridgehead atoms. The number of carbonyl (C=O) groups is 1. The summed E-state index contributed by atoms with van der Waals surface area (Å²) in [6, 6.07) is 0. The van der Waals surface area contributed by atoms with E-state index in [-0.39, 0.29) is 24.2 Å². The Labute approximate surface area is 123 Å². The van der Waals surface area contributed by atoms with E-state index in [9.17, 15) is 18.0 Å². The fourth-order valence-electron chi connectivity index (χ4n) is 2.54. The zero-order chi connectivity index (χ0) is 15.4. The Morgan fingerprint density at radius 3 is 2.50 bits per heavy atom. The van der Waals surface area contributed by atoms with Crippen LogP contribution < -0.4 is 5.32 Å². The molecule has 0 radical (unpaired) electrons. The van der Waals surface area contributed by atoms with E-state index in [0.29, 0.717) is 25.3 Å². The number of amides is 1. The largest absolute Gasteiger partial charge is 0.391 e. The highest BCUT2D eigenvalue weighted by molar-refractivity contribution is 6.17. The summed E-state index contributed by atoms with van der Waals surface area (Å²) in [5.41, 5.74) is -0.129. The monoisotopic (exact) mass is 313 g/mol. The number of carbonyl (C=O) groups excluding carboxylic acids is 1. The van der Waals surface area contributed by atoms with Crippen molar-refractivity contribution >= 4 is 17.5 Å². The van der Waals surface area contributed by atoms with Gasteiger partial charge in [-0.15, -0.1) is 11.6 Å². The number of halogens is 4. The molecular formula is C14H23ClF3NO. The standard InChI is InChI=1S/C14H23ClF3NO/c1-13(2,6-7-15)9-19-12(20)10-4-3-5-11(8-10)14(16,17)18/h10-11H,3-9H2,1-2H3,(H,19,20). The van der Waals surface area contributed by atoms with Gasteiger partial charge in [-0.25, -0.2) is 0 Å². The van der Waals surface area contributed by atoms with Gasteiger partial charge < -0.3 is 5.32 Å². The Bertz CT molecular complexity index is 331. The fraction of sp³-hybridized carbons (Fsp3) is 0.929. The molecule has 0 saturated heterocycles. The van der Waals surface area contributed by atoms with Crippen LogP contribution in [0.25, 0.3) is 0 Å². The average molecular weight is 314 g/mol. The van der Waals surface area contributed by atoms with E-state index in [4.69, 9.17) is 11.6 Å². The minimum atomic E-state index is -4.18. The third-order valence-corrected chi connectivity index (χ3v) is 4.21. The van der Waals surface area contributed by atoms with Crippen LogP contribution in [0.3, 0.4) is 0 Å². The molecule has 1 fully saturated rings. The molecule has 6 heteroatoms. The minimum Gasteiger partial charge on any atom is -0.355 e. The molecule has 0 aliphatic heterocycles. The Morgan fingerprint density at radius 2 is 1.95 bits per heavy atom. The summed E-state index contributed by atoms with van der Waals surface area (Å²) >= 11 is 5.68. The Morgan fingerprint density at radius 1 is 1.30 bits per heavy atom. The Hall–Kier alpha value is -0.450. The molecule has 1 N–H and O–H groups in total. The number of rotatable bonds is 5. The molecule has 118 valence electrons. The molecule has 1 rings (SSSR count). The smallest absolute Gasteiger partial charge is 0.355 e. The minimum absolute atomic E-state index is 0.0781. The molecule has 0 spiro atoms. The normalized spacial score (nSPS) is 24.5. The maximum absolute atomic E-state index is 12.7. The van der Waals surface area contributed by atoms with Gasteiger partial charge in [0, 0.05) is 18.3 Å². The van der Waals surface area contributed by atoms with Gasteiger partial charge >= 0.3 is 6.18 Å². The zero-order valence-corrected chi connectivity index (χ0v) is 12.8. The summed E-state index contributed by atoms with van der Waals surface area (Å²) in [6.45, 7) is 4.41. The lowest BCUT2D eigenvalue weighted by atomic mass is 9.80. The number of hydrogen-bond donors (Lipinski definition) is 1. The van der Waals surface area contributed by atoms with Gasteiger partial charge in [-0.2, -0.15) is 13.2 Å². The Kier molecular flexibility index (Phi) is 6.17. The van der Waals surface area contributed by atoms with Gasteiger partial charge in [-0.05, 0) is 31.1 Å². The molecule has 0 aromatic rings. The number of hydrogen-bond acceptors (Lipinski definition) is 1. The summed E-state index contributed by atoms with van der Waals surface area (Å²) in [4.78, 5) is 12.0. The second kappa shape index (κ2) is 7.01. The first kappa shape index (κ1) is 17.6. The van der Waals surface area contributed by atoms with E-state index in [0.717, 1.165) is 6.42 Å². The SMILES string of the molecule is CC(C)(CCCl)CNC(=O)C1CCCC(C(F)(F)F)C1. The first-order chi connectivity index (χ1) is 9.15. The highest BCUT2D eigenvalue weighted by Crippen LogP contribution is 2.40. The van der Waals surface area contributed by atoms with E-state index < -0.39 is 18.0 Å². The molecule has 2 nitrogen and oxygen atoms in total. The molecule has 2 atom stereocenters. The fourth-order valence-corrected chi connectivity index (χ4v) is 3.05.